The SMILES string of the molecule is CC[C@H]1O[C@@](O)([C@@H](C)[C@H](O)[C@H](C)[C@H]2OC(=O)/C(C)=C/C(C)=C/[C@@H](C)[C@@H](O[Si](C)(C)C)[C@@H](C)C/C(C)=C/C=C/[C@@H]2OC)C[C@@H](OC(=O)/C=C/C(=O)O)[C@H]1C. The summed E-state index contributed by atoms with van der Waals surface area (Å²) in [6.45, 7) is 23.7. The van der Waals surface area contributed by atoms with Crippen molar-refractivity contribution < 1.29 is 53.1 Å². The standard InChI is InChI=1S/C41H66O11Si/c1-14-32-29(7)34(49-36(44)19-18-35(42)43)23-41(47,51-32)31(9)37(45)30(8)39-33(48-10)17-15-16-24(2)20-26(4)38(52-53(11,12)13)27(5)21-25(3)22-28(6)40(46)50-39/h15-19,21-22,26-27,29-34,37-39,45,47H,14,20,23H2,1-13H3,(H,42,43)/b17-15+,19-18+,24-16+,25-21+,28-22+/t26-,27+,29-,30-,31-,32+,33-,34+,37+,38-,39+,41+/m0/s1. The van der Waals surface area contributed by atoms with E-state index in [1.165, 1.54) is 7.11 Å². The van der Waals surface area contributed by atoms with E-state index in [9.17, 15) is 24.6 Å². The Morgan fingerprint density at radius 2 is 1.75 bits per heavy atom. The highest BCUT2D eigenvalue weighted by Gasteiger charge is 2.52. The minimum absolute atomic E-state index is 0.00665. The third-order valence-corrected chi connectivity index (χ3v) is 11.3. The molecule has 0 bridgehead atoms. The summed E-state index contributed by atoms with van der Waals surface area (Å²) in [4.78, 5) is 37.1. The zero-order valence-corrected chi connectivity index (χ0v) is 35.1. The van der Waals surface area contributed by atoms with Crippen molar-refractivity contribution >= 4 is 26.2 Å². The number of esters is 2. The summed E-state index contributed by atoms with van der Waals surface area (Å²) in [6.07, 6.45) is 7.86. The molecule has 2 rings (SSSR count). The van der Waals surface area contributed by atoms with Gasteiger partial charge in [-0.1, -0.05) is 77.0 Å². The zero-order valence-electron chi connectivity index (χ0n) is 34.1. The lowest BCUT2D eigenvalue weighted by Crippen LogP contribution is -2.58. The lowest BCUT2D eigenvalue weighted by atomic mass is 9.77. The van der Waals surface area contributed by atoms with Crippen LogP contribution >= 0.6 is 0 Å². The summed E-state index contributed by atoms with van der Waals surface area (Å²) >= 11 is 0. The molecule has 3 N–H and O–H groups in total. The van der Waals surface area contributed by atoms with Crippen molar-refractivity contribution in [2.24, 2.45) is 29.6 Å². The first-order valence-corrected chi connectivity index (χ1v) is 22.3. The molecule has 0 aliphatic carbocycles. The molecule has 0 spiro atoms. The van der Waals surface area contributed by atoms with E-state index in [1.807, 2.05) is 32.9 Å². The van der Waals surface area contributed by atoms with Crippen molar-refractivity contribution in [1.82, 2.24) is 0 Å². The Morgan fingerprint density at radius 3 is 2.32 bits per heavy atom. The molecule has 2 aliphatic heterocycles. The molecule has 2 aliphatic rings. The first kappa shape index (κ1) is 46.3. The van der Waals surface area contributed by atoms with Gasteiger partial charge in [0, 0.05) is 49.0 Å². The molecule has 0 aromatic heterocycles. The van der Waals surface area contributed by atoms with Gasteiger partial charge in [-0.3, -0.25) is 0 Å². The van der Waals surface area contributed by atoms with Gasteiger partial charge in [-0.25, -0.2) is 14.4 Å². The fraction of sp³-hybridized carbons (Fsp3) is 0.683. The van der Waals surface area contributed by atoms with Crippen LogP contribution in [0.1, 0.15) is 81.6 Å². The maximum atomic E-state index is 13.7. The van der Waals surface area contributed by atoms with E-state index in [4.69, 9.17) is 28.5 Å². The van der Waals surface area contributed by atoms with Crippen LogP contribution in [0.5, 0.6) is 0 Å². The Balaban J connectivity index is 2.51. The Bertz CT molecular complexity index is 1410. The van der Waals surface area contributed by atoms with Gasteiger partial charge in [-0.2, -0.15) is 0 Å². The summed E-state index contributed by atoms with van der Waals surface area (Å²) < 4.78 is 30.5. The molecule has 0 radical (unpaired) electrons. The van der Waals surface area contributed by atoms with Gasteiger partial charge in [0.25, 0.3) is 0 Å². The van der Waals surface area contributed by atoms with Gasteiger partial charge >= 0.3 is 17.9 Å². The number of carbonyl (C=O) groups excluding carboxylic acids is 2. The van der Waals surface area contributed by atoms with Gasteiger partial charge in [-0.15, -0.1) is 0 Å². The molecule has 0 amide bonds. The summed E-state index contributed by atoms with van der Waals surface area (Å²) in [5, 5.41) is 32.8. The molecule has 12 heteroatoms. The summed E-state index contributed by atoms with van der Waals surface area (Å²) in [6, 6.07) is 0. The van der Waals surface area contributed by atoms with Crippen molar-refractivity contribution in [2.45, 2.75) is 144 Å². The highest BCUT2D eigenvalue weighted by Crippen LogP contribution is 2.41. The fourth-order valence-electron chi connectivity index (χ4n) is 7.41. The Hall–Kier alpha value is -2.87. The second-order valence-electron chi connectivity index (χ2n) is 16.2. The smallest absolute Gasteiger partial charge is 0.334 e. The van der Waals surface area contributed by atoms with Gasteiger partial charge < -0.3 is 38.7 Å². The number of hydrogen-bond acceptors (Lipinski definition) is 10. The van der Waals surface area contributed by atoms with E-state index < -0.39 is 74.4 Å². The molecule has 53 heavy (non-hydrogen) atoms. The number of aliphatic hydroxyl groups is 2. The molecule has 0 saturated carbocycles. The number of ether oxygens (including phenoxy) is 4. The summed E-state index contributed by atoms with van der Waals surface area (Å²) in [7, 11) is -0.357. The van der Waals surface area contributed by atoms with Gasteiger partial charge in [-0.05, 0) is 71.2 Å². The van der Waals surface area contributed by atoms with Crippen LogP contribution in [0.25, 0.3) is 0 Å². The second kappa shape index (κ2) is 20.2. The number of carbonyl (C=O) groups is 3. The van der Waals surface area contributed by atoms with E-state index in [2.05, 4.69) is 46.5 Å². The molecule has 11 nitrogen and oxygen atoms in total. The molecular weight excluding hydrogens is 697 g/mol. The number of rotatable bonds is 11. The van der Waals surface area contributed by atoms with E-state index in [0.717, 1.165) is 23.6 Å². The lowest BCUT2D eigenvalue weighted by Gasteiger charge is -2.49. The molecule has 1 fully saturated rings. The molecule has 300 valence electrons. The van der Waals surface area contributed by atoms with Crippen LogP contribution in [-0.2, 0) is 37.8 Å². The van der Waals surface area contributed by atoms with E-state index in [-0.39, 0.29) is 30.3 Å². The minimum Gasteiger partial charge on any atom is -0.478 e. The van der Waals surface area contributed by atoms with Crippen LogP contribution in [-0.4, -0.2) is 91.1 Å². The lowest BCUT2D eigenvalue weighted by molar-refractivity contribution is -0.323. The normalized spacial score (nSPS) is 36.4. The zero-order chi connectivity index (χ0) is 40.4. The molecule has 2 heterocycles. The Morgan fingerprint density at radius 1 is 1.11 bits per heavy atom. The average molecular weight is 763 g/mol. The summed E-state index contributed by atoms with van der Waals surface area (Å²) in [5.74, 6) is -6.41. The highest BCUT2D eigenvalue weighted by molar-refractivity contribution is 6.69. The quantitative estimate of drug-likeness (QED) is 0.114. The number of hydrogen-bond donors (Lipinski definition) is 3. The van der Waals surface area contributed by atoms with Crippen molar-refractivity contribution in [3.63, 3.8) is 0 Å². The predicted octanol–water partition coefficient (Wildman–Crippen LogP) is 6.91. The average Bonchev–Trinajstić information content (AvgIpc) is 3.06. The van der Waals surface area contributed by atoms with E-state index in [0.29, 0.717) is 18.1 Å². The van der Waals surface area contributed by atoms with Crippen LogP contribution in [0.3, 0.4) is 0 Å². The van der Waals surface area contributed by atoms with Crippen LogP contribution in [0.4, 0.5) is 0 Å². The Kier molecular flexibility index (Phi) is 17.6. The molecule has 0 aromatic carbocycles. The molecule has 0 unspecified atom stereocenters. The maximum Gasteiger partial charge on any atom is 0.334 e. The van der Waals surface area contributed by atoms with Crippen LogP contribution in [0, 0.1) is 29.6 Å². The molecular formula is C41H66O11Si. The monoisotopic (exact) mass is 762 g/mol. The Labute approximate surface area is 318 Å². The largest absolute Gasteiger partial charge is 0.478 e. The van der Waals surface area contributed by atoms with Crippen molar-refractivity contribution in [3.05, 3.63) is 59.3 Å². The number of aliphatic hydroxyl groups excluding tert-OH is 1. The molecule has 0 aromatic rings. The van der Waals surface area contributed by atoms with Gasteiger partial charge in [0.15, 0.2) is 14.1 Å². The van der Waals surface area contributed by atoms with Crippen molar-refractivity contribution in [3.8, 4) is 0 Å². The second-order valence-corrected chi connectivity index (χ2v) is 20.7. The van der Waals surface area contributed by atoms with Gasteiger partial charge in [0.05, 0.1) is 18.3 Å². The van der Waals surface area contributed by atoms with Crippen LogP contribution in [0.2, 0.25) is 19.6 Å². The predicted molar refractivity (Wildman–Crippen MR) is 207 cm³/mol. The summed E-state index contributed by atoms with van der Waals surface area (Å²) in [5.41, 5.74) is 2.41. The topological polar surface area (TPSA) is 158 Å². The van der Waals surface area contributed by atoms with Crippen LogP contribution < -0.4 is 0 Å². The fourth-order valence-corrected chi connectivity index (χ4v) is 8.68. The highest BCUT2D eigenvalue weighted by atomic mass is 28.4. The number of methoxy groups -OCH3 is 1. The first-order valence-electron chi connectivity index (χ1n) is 18.9. The number of allylic oxidation sites excluding steroid dienone is 5. The van der Waals surface area contributed by atoms with Crippen LogP contribution in [0.15, 0.2) is 59.3 Å². The number of carboxylic acids is 1. The van der Waals surface area contributed by atoms with Crippen molar-refractivity contribution in [2.75, 3.05) is 7.11 Å². The maximum absolute atomic E-state index is 13.7. The van der Waals surface area contributed by atoms with E-state index in [1.54, 1.807) is 32.9 Å². The first-order chi connectivity index (χ1) is 24.5. The third kappa shape index (κ3) is 13.7. The minimum atomic E-state index is -1.94. The van der Waals surface area contributed by atoms with Gasteiger partial charge in [0.1, 0.15) is 18.3 Å². The van der Waals surface area contributed by atoms with Gasteiger partial charge in [0.2, 0.25) is 0 Å². The molecule has 12 atom stereocenters. The molecule has 1 saturated heterocycles. The number of cyclic esters (lactones) is 1. The number of aliphatic carboxylic acids is 1. The van der Waals surface area contributed by atoms with E-state index >= 15 is 0 Å². The number of carboxylic acid groups (broad SMARTS) is 1. The van der Waals surface area contributed by atoms with Crippen molar-refractivity contribution in [1.29, 1.82) is 0 Å². The third-order valence-electron chi connectivity index (χ3n) is 10.4.